The Kier molecular flexibility index (Phi) is 5.55. The average molecular weight is 451 g/mol. The Labute approximate surface area is 189 Å². The van der Waals surface area contributed by atoms with Crippen molar-refractivity contribution in [3.05, 3.63) is 46.9 Å². The van der Waals surface area contributed by atoms with Crippen molar-refractivity contribution >= 4 is 33.9 Å². The number of nitrogens with one attached hydrogen (secondary N) is 2. The van der Waals surface area contributed by atoms with Crippen molar-refractivity contribution in [3.8, 4) is 0 Å². The van der Waals surface area contributed by atoms with Gasteiger partial charge < -0.3 is 24.9 Å². The van der Waals surface area contributed by atoms with E-state index in [-0.39, 0.29) is 30.1 Å². The quantitative estimate of drug-likeness (QED) is 0.373. The van der Waals surface area contributed by atoms with Crippen LogP contribution in [0, 0.1) is 0 Å². The summed E-state index contributed by atoms with van der Waals surface area (Å²) in [6, 6.07) is 7.84. The molecule has 1 aliphatic rings. The van der Waals surface area contributed by atoms with Crippen molar-refractivity contribution in [1.82, 2.24) is 34.4 Å². The average Bonchev–Trinajstić information content (AvgIpc) is 3.35. The fourth-order valence-corrected chi connectivity index (χ4v) is 4.55. The van der Waals surface area contributed by atoms with Gasteiger partial charge >= 0.3 is 5.69 Å². The molecule has 3 aromatic heterocycles. The first-order chi connectivity index (χ1) is 16.1. The highest BCUT2D eigenvalue weighted by Gasteiger charge is 2.27. The van der Waals surface area contributed by atoms with Gasteiger partial charge in [0.05, 0.1) is 11.0 Å². The second-order valence-corrected chi connectivity index (χ2v) is 8.23. The second-order valence-electron chi connectivity index (χ2n) is 8.23. The summed E-state index contributed by atoms with van der Waals surface area (Å²) in [6.45, 7) is 1.80. The maximum absolute atomic E-state index is 12.6. The number of para-hydroxylation sites is 2. The van der Waals surface area contributed by atoms with E-state index < -0.39 is 0 Å². The molecule has 5 rings (SSSR count). The van der Waals surface area contributed by atoms with E-state index in [2.05, 4.69) is 30.2 Å². The van der Waals surface area contributed by atoms with E-state index in [4.69, 9.17) is 5.11 Å². The van der Waals surface area contributed by atoms with Crippen LogP contribution in [0.5, 0.6) is 0 Å². The van der Waals surface area contributed by atoms with Crippen molar-refractivity contribution in [2.75, 3.05) is 31.1 Å². The number of imidazole rings is 2. The van der Waals surface area contributed by atoms with Crippen LogP contribution in [0.2, 0.25) is 0 Å². The summed E-state index contributed by atoms with van der Waals surface area (Å²) in [6.07, 6.45) is 3.54. The van der Waals surface area contributed by atoms with Gasteiger partial charge in [0.25, 0.3) is 5.91 Å². The van der Waals surface area contributed by atoms with Gasteiger partial charge in [-0.2, -0.15) is 0 Å². The van der Waals surface area contributed by atoms with E-state index in [1.807, 2.05) is 28.8 Å². The van der Waals surface area contributed by atoms with Crippen molar-refractivity contribution in [2.24, 2.45) is 7.05 Å². The minimum atomic E-state index is -0.313. The molecule has 0 bridgehead atoms. The smallest absolute Gasteiger partial charge is 0.326 e. The number of nitrogens with zero attached hydrogens (tertiary/aromatic N) is 6. The van der Waals surface area contributed by atoms with Crippen molar-refractivity contribution in [1.29, 1.82) is 0 Å². The number of piperidine rings is 1. The van der Waals surface area contributed by atoms with Crippen LogP contribution in [0.1, 0.15) is 35.9 Å². The van der Waals surface area contributed by atoms with E-state index >= 15 is 0 Å². The van der Waals surface area contributed by atoms with Crippen LogP contribution >= 0.6 is 0 Å². The Morgan fingerprint density at radius 2 is 2.03 bits per heavy atom. The van der Waals surface area contributed by atoms with Crippen LogP contribution in [0.3, 0.4) is 0 Å². The summed E-state index contributed by atoms with van der Waals surface area (Å²) in [5.41, 5.74) is 2.85. The highest BCUT2D eigenvalue weighted by molar-refractivity contribution is 5.96. The van der Waals surface area contributed by atoms with E-state index in [0.29, 0.717) is 43.0 Å². The number of hydrogen-bond donors (Lipinski definition) is 3. The van der Waals surface area contributed by atoms with Gasteiger partial charge in [0.2, 0.25) is 5.82 Å². The summed E-state index contributed by atoms with van der Waals surface area (Å²) in [5, 5.41) is 11.7. The van der Waals surface area contributed by atoms with Crippen LogP contribution in [-0.4, -0.2) is 66.3 Å². The zero-order valence-electron chi connectivity index (χ0n) is 18.4. The molecular weight excluding hydrogens is 424 g/mol. The lowest BCUT2D eigenvalue weighted by atomic mass is 10.0. The summed E-state index contributed by atoms with van der Waals surface area (Å²) in [5.74, 6) is 0.631. The third-order valence-electron chi connectivity index (χ3n) is 6.21. The first-order valence-corrected chi connectivity index (χ1v) is 11.1. The lowest BCUT2D eigenvalue weighted by Crippen LogP contribution is -2.37. The molecule has 11 heteroatoms. The zero-order chi connectivity index (χ0) is 22.9. The van der Waals surface area contributed by atoms with E-state index in [9.17, 15) is 9.59 Å². The minimum Gasteiger partial charge on any atom is -0.396 e. The number of carbonyl (C=O) groups excluding carboxylic acids is 1. The van der Waals surface area contributed by atoms with Crippen LogP contribution in [-0.2, 0) is 7.05 Å². The maximum atomic E-state index is 12.6. The molecule has 0 aliphatic carbocycles. The summed E-state index contributed by atoms with van der Waals surface area (Å²) in [7, 11) is 1.75. The Balaban J connectivity index is 1.38. The van der Waals surface area contributed by atoms with Crippen molar-refractivity contribution in [3.63, 3.8) is 0 Å². The van der Waals surface area contributed by atoms with Crippen LogP contribution in [0.4, 0.5) is 5.82 Å². The number of hydrogen-bond acceptors (Lipinski definition) is 7. The highest BCUT2D eigenvalue weighted by Crippen LogP contribution is 2.30. The van der Waals surface area contributed by atoms with Gasteiger partial charge in [-0.3, -0.25) is 9.36 Å². The Bertz CT molecular complexity index is 1360. The Hall–Kier alpha value is -3.73. The molecule has 11 nitrogen and oxygen atoms in total. The third kappa shape index (κ3) is 3.74. The standard InChI is InChI=1S/C22H26N8O3/c1-28-18-17(27-20(28)21(32)23-9-4-12-31)19(25-13-24-18)29-10-7-14(8-11-29)30-16-6-3-2-5-15(16)26-22(30)33/h2-3,5-6,13-14,31H,4,7-12H2,1H3,(H,23,32)(H,26,33). The minimum absolute atomic E-state index is 0.0130. The monoisotopic (exact) mass is 450 g/mol. The molecule has 0 saturated carbocycles. The molecule has 1 amide bonds. The molecule has 33 heavy (non-hydrogen) atoms. The molecule has 1 aliphatic heterocycles. The van der Waals surface area contributed by atoms with Crippen LogP contribution in [0.15, 0.2) is 35.4 Å². The van der Waals surface area contributed by atoms with Gasteiger partial charge in [-0.05, 0) is 31.4 Å². The number of aliphatic hydroxyl groups excluding tert-OH is 1. The fourth-order valence-electron chi connectivity index (χ4n) is 4.55. The van der Waals surface area contributed by atoms with Crippen molar-refractivity contribution < 1.29 is 9.90 Å². The maximum Gasteiger partial charge on any atom is 0.326 e. The van der Waals surface area contributed by atoms with Gasteiger partial charge in [0, 0.05) is 39.3 Å². The molecule has 1 saturated heterocycles. The molecule has 4 heterocycles. The Morgan fingerprint density at radius 3 is 2.82 bits per heavy atom. The van der Waals surface area contributed by atoms with Gasteiger partial charge in [-0.15, -0.1) is 0 Å². The largest absolute Gasteiger partial charge is 0.396 e. The SMILES string of the molecule is Cn1c(C(=O)NCCCO)nc2c(N3CCC(n4c(=O)[nH]c5ccccc54)CC3)ncnc21. The van der Waals surface area contributed by atoms with Gasteiger partial charge in [-0.25, -0.2) is 19.7 Å². The number of aromatic amines is 1. The number of H-pyrrole nitrogens is 1. The number of aromatic nitrogens is 6. The molecule has 0 unspecified atom stereocenters. The van der Waals surface area contributed by atoms with E-state index in [1.165, 1.54) is 6.33 Å². The molecule has 4 aromatic rings. The molecule has 172 valence electrons. The van der Waals surface area contributed by atoms with Gasteiger partial charge in [0.1, 0.15) is 6.33 Å². The number of amides is 1. The molecule has 0 spiro atoms. The van der Waals surface area contributed by atoms with Gasteiger partial charge in [-0.1, -0.05) is 12.1 Å². The number of anilines is 1. The first kappa shape index (κ1) is 21.1. The molecule has 1 aromatic carbocycles. The number of carbonyl (C=O) groups is 1. The lowest BCUT2D eigenvalue weighted by molar-refractivity contribution is 0.0938. The molecular formula is C22H26N8O3. The van der Waals surface area contributed by atoms with E-state index in [0.717, 1.165) is 23.9 Å². The molecule has 3 N–H and O–H groups in total. The van der Waals surface area contributed by atoms with E-state index in [1.54, 1.807) is 11.6 Å². The van der Waals surface area contributed by atoms with Crippen LogP contribution < -0.4 is 15.9 Å². The topological polar surface area (TPSA) is 134 Å². The van der Waals surface area contributed by atoms with Crippen LogP contribution in [0.25, 0.3) is 22.2 Å². The number of benzene rings is 1. The number of aliphatic hydroxyl groups is 1. The predicted molar refractivity (Wildman–Crippen MR) is 123 cm³/mol. The van der Waals surface area contributed by atoms with Crippen molar-refractivity contribution in [2.45, 2.75) is 25.3 Å². The fraction of sp³-hybridized carbons (Fsp3) is 0.409. The first-order valence-electron chi connectivity index (χ1n) is 11.1. The third-order valence-corrected chi connectivity index (χ3v) is 6.21. The Morgan fingerprint density at radius 1 is 1.24 bits per heavy atom. The summed E-state index contributed by atoms with van der Waals surface area (Å²) in [4.78, 5) is 43.5. The second kappa shape index (κ2) is 8.66. The number of rotatable bonds is 6. The zero-order valence-corrected chi connectivity index (χ0v) is 18.4. The number of aryl methyl sites for hydroxylation is 1. The summed E-state index contributed by atoms with van der Waals surface area (Å²) >= 11 is 0. The highest BCUT2D eigenvalue weighted by atomic mass is 16.3. The molecule has 0 atom stereocenters. The normalized spacial score (nSPS) is 14.9. The predicted octanol–water partition coefficient (Wildman–Crippen LogP) is 0.960. The summed E-state index contributed by atoms with van der Waals surface area (Å²) < 4.78 is 3.52. The van der Waals surface area contributed by atoms with Gasteiger partial charge in [0.15, 0.2) is 17.0 Å². The molecule has 1 fully saturated rings. The number of fused-ring (bicyclic) bond motifs is 2. The lowest BCUT2D eigenvalue weighted by Gasteiger charge is -2.33. The molecule has 0 radical (unpaired) electrons.